The number of nitrogens with zero attached hydrogens (tertiary/aromatic N) is 2. The van der Waals surface area contributed by atoms with Crippen LogP contribution in [0.4, 0.5) is 8.78 Å². The van der Waals surface area contributed by atoms with Crippen LogP contribution in [0.25, 0.3) is 11.1 Å². The molecule has 2 aromatic rings. The number of hydrogen-bond acceptors (Lipinski definition) is 4. The summed E-state index contributed by atoms with van der Waals surface area (Å²) in [5.74, 6) is -1.83. The minimum atomic E-state index is -0.949. The summed E-state index contributed by atoms with van der Waals surface area (Å²) in [4.78, 5) is 25.6. The van der Waals surface area contributed by atoms with Crippen molar-refractivity contribution in [1.82, 2.24) is 9.88 Å². The van der Waals surface area contributed by atoms with Gasteiger partial charge in [-0.2, -0.15) is 5.26 Å². The Hall–Kier alpha value is -2.66. The molecule has 1 aliphatic rings. The number of rotatable bonds is 10. The molecular formula is C24H27F2N3O2S. The Kier molecular flexibility index (Phi) is 8.46. The SMILES string of the molecule is CCCCCCCc1cc(=O)n2c(c1-c1ccc(F)c(F)c1)SC[C@H]2C(=O)NCCC#N. The highest BCUT2D eigenvalue weighted by Gasteiger charge is 2.33. The molecule has 8 heteroatoms. The second-order valence-corrected chi connectivity index (χ2v) is 8.89. The molecule has 3 rings (SSSR count). The van der Waals surface area contributed by atoms with Crippen molar-refractivity contribution in [2.75, 3.05) is 12.3 Å². The Morgan fingerprint density at radius 1 is 1.22 bits per heavy atom. The maximum absolute atomic E-state index is 14.1. The summed E-state index contributed by atoms with van der Waals surface area (Å²) in [7, 11) is 0. The third-order valence-electron chi connectivity index (χ3n) is 5.58. The summed E-state index contributed by atoms with van der Waals surface area (Å²) in [6.45, 7) is 2.36. The van der Waals surface area contributed by atoms with E-state index in [-0.39, 0.29) is 24.4 Å². The average molecular weight is 460 g/mol. The number of nitrogens with one attached hydrogen (secondary N) is 1. The molecule has 0 radical (unpaired) electrons. The van der Waals surface area contributed by atoms with Gasteiger partial charge in [-0.3, -0.25) is 14.2 Å². The number of halogens is 2. The lowest BCUT2D eigenvalue weighted by Crippen LogP contribution is -2.37. The number of carbonyl (C=O) groups excluding carboxylic acids is 1. The molecule has 1 aromatic heterocycles. The number of fused-ring (bicyclic) bond motifs is 1. The van der Waals surface area contributed by atoms with Gasteiger partial charge < -0.3 is 5.32 Å². The van der Waals surface area contributed by atoms with E-state index in [1.54, 1.807) is 0 Å². The smallest absolute Gasteiger partial charge is 0.252 e. The van der Waals surface area contributed by atoms with Crippen LogP contribution in [0.1, 0.15) is 57.1 Å². The van der Waals surface area contributed by atoms with Crippen LogP contribution in [0.15, 0.2) is 34.1 Å². The molecule has 1 aromatic carbocycles. The molecule has 0 bridgehead atoms. The molecule has 1 atom stereocenters. The Labute approximate surface area is 190 Å². The second-order valence-electron chi connectivity index (χ2n) is 7.88. The van der Waals surface area contributed by atoms with Gasteiger partial charge in [0.2, 0.25) is 5.91 Å². The van der Waals surface area contributed by atoms with Gasteiger partial charge in [-0.05, 0) is 36.1 Å². The molecule has 0 saturated carbocycles. The van der Waals surface area contributed by atoms with Gasteiger partial charge in [-0.15, -0.1) is 11.8 Å². The van der Waals surface area contributed by atoms with E-state index in [0.29, 0.717) is 28.3 Å². The summed E-state index contributed by atoms with van der Waals surface area (Å²) >= 11 is 1.37. The molecule has 170 valence electrons. The molecular weight excluding hydrogens is 432 g/mol. The van der Waals surface area contributed by atoms with E-state index < -0.39 is 17.7 Å². The zero-order valence-corrected chi connectivity index (χ0v) is 18.9. The van der Waals surface area contributed by atoms with Crippen LogP contribution in [0.3, 0.4) is 0 Å². The highest BCUT2D eigenvalue weighted by Crippen LogP contribution is 2.41. The average Bonchev–Trinajstić information content (AvgIpc) is 3.22. The number of hydrogen-bond donors (Lipinski definition) is 1. The normalized spacial score (nSPS) is 14.8. The predicted octanol–water partition coefficient (Wildman–Crippen LogP) is 4.98. The van der Waals surface area contributed by atoms with Crippen molar-refractivity contribution < 1.29 is 13.6 Å². The number of unbranched alkanes of at least 4 members (excludes halogenated alkanes) is 4. The van der Waals surface area contributed by atoms with E-state index >= 15 is 0 Å². The number of benzene rings is 1. The van der Waals surface area contributed by atoms with E-state index in [4.69, 9.17) is 5.26 Å². The van der Waals surface area contributed by atoms with Gasteiger partial charge in [0, 0.05) is 23.9 Å². The fourth-order valence-corrected chi connectivity index (χ4v) is 5.31. The molecule has 0 unspecified atom stereocenters. The second kappa shape index (κ2) is 11.3. The standard InChI is InChI=1S/C24H27F2N3O2S/c1-2-3-4-5-6-8-16-14-21(30)29-20(23(31)28-12-7-11-27)15-32-24(29)22(16)17-9-10-18(25)19(26)13-17/h9-10,13-14,20H,2-8,12,15H2,1H3,(H,28,31)/t20-/m0/s1. The maximum atomic E-state index is 14.1. The van der Waals surface area contributed by atoms with Gasteiger partial charge >= 0.3 is 0 Å². The Morgan fingerprint density at radius 3 is 2.72 bits per heavy atom. The van der Waals surface area contributed by atoms with Crippen molar-refractivity contribution in [2.24, 2.45) is 0 Å². The monoisotopic (exact) mass is 459 g/mol. The van der Waals surface area contributed by atoms with E-state index in [1.165, 1.54) is 28.5 Å². The summed E-state index contributed by atoms with van der Waals surface area (Å²) in [5.41, 5.74) is 1.70. The largest absolute Gasteiger partial charge is 0.353 e. The van der Waals surface area contributed by atoms with Crippen LogP contribution in [-0.2, 0) is 11.2 Å². The van der Waals surface area contributed by atoms with Crippen molar-refractivity contribution in [2.45, 2.75) is 62.9 Å². The van der Waals surface area contributed by atoms with Gasteiger partial charge in [0.15, 0.2) is 11.6 Å². The number of carbonyl (C=O) groups is 1. The van der Waals surface area contributed by atoms with E-state index in [0.717, 1.165) is 49.8 Å². The number of amides is 1. The molecule has 0 spiro atoms. The Bertz CT molecular complexity index is 1080. The minimum Gasteiger partial charge on any atom is -0.353 e. The first kappa shape index (κ1) is 24.0. The van der Waals surface area contributed by atoms with Crippen LogP contribution in [0, 0.1) is 23.0 Å². The molecule has 1 N–H and O–H groups in total. The Morgan fingerprint density at radius 2 is 2.00 bits per heavy atom. The van der Waals surface area contributed by atoms with Crippen molar-refractivity contribution in [3.63, 3.8) is 0 Å². The summed E-state index contributed by atoms with van der Waals surface area (Å²) in [5, 5.41) is 12.0. The summed E-state index contributed by atoms with van der Waals surface area (Å²) in [6.07, 6.45) is 6.16. The van der Waals surface area contributed by atoms with Crippen molar-refractivity contribution in [3.8, 4) is 17.2 Å². The number of thioether (sulfide) groups is 1. The number of pyridine rings is 1. The van der Waals surface area contributed by atoms with E-state index in [9.17, 15) is 18.4 Å². The van der Waals surface area contributed by atoms with Crippen LogP contribution in [0.5, 0.6) is 0 Å². The van der Waals surface area contributed by atoms with Crippen LogP contribution < -0.4 is 10.9 Å². The molecule has 5 nitrogen and oxygen atoms in total. The number of nitriles is 1. The topological polar surface area (TPSA) is 74.9 Å². The predicted molar refractivity (Wildman–Crippen MR) is 122 cm³/mol. The van der Waals surface area contributed by atoms with Gasteiger partial charge in [-0.1, -0.05) is 38.7 Å². The quantitative estimate of drug-likeness (QED) is 0.509. The number of aryl methyl sites for hydroxylation is 1. The molecule has 32 heavy (non-hydrogen) atoms. The summed E-state index contributed by atoms with van der Waals surface area (Å²) in [6, 6.07) is 6.55. The van der Waals surface area contributed by atoms with Crippen molar-refractivity contribution >= 4 is 17.7 Å². The Balaban J connectivity index is 2.00. The zero-order valence-electron chi connectivity index (χ0n) is 18.1. The lowest BCUT2D eigenvalue weighted by molar-refractivity contribution is -0.123. The lowest BCUT2D eigenvalue weighted by atomic mass is 9.96. The molecule has 0 aliphatic carbocycles. The van der Waals surface area contributed by atoms with Gasteiger partial charge in [-0.25, -0.2) is 8.78 Å². The van der Waals surface area contributed by atoms with E-state index in [1.807, 2.05) is 6.07 Å². The first-order valence-corrected chi connectivity index (χ1v) is 12.0. The third kappa shape index (κ3) is 5.39. The fourth-order valence-electron chi connectivity index (χ4n) is 3.95. The van der Waals surface area contributed by atoms with Gasteiger partial charge in [0.05, 0.1) is 17.5 Å². The van der Waals surface area contributed by atoms with E-state index in [2.05, 4.69) is 12.2 Å². The fraction of sp³-hybridized carbons (Fsp3) is 0.458. The highest BCUT2D eigenvalue weighted by atomic mass is 32.2. The van der Waals surface area contributed by atoms with Crippen LogP contribution >= 0.6 is 11.8 Å². The van der Waals surface area contributed by atoms with Crippen LogP contribution in [0.2, 0.25) is 0 Å². The minimum absolute atomic E-state index is 0.185. The van der Waals surface area contributed by atoms with Gasteiger partial charge in [0.1, 0.15) is 6.04 Å². The van der Waals surface area contributed by atoms with Gasteiger partial charge in [0.25, 0.3) is 5.56 Å². The summed E-state index contributed by atoms with van der Waals surface area (Å²) < 4.78 is 29.1. The first-order chi connectivity index (χ1) is 15.5. The molecule has 1 aliphatic heterocycles. The zero-order chi connectivity index (χ0) is 23.1. The number of aromatic nitrogens is 1. The molecule has 0 saturated heterocycles. The van der Waals surface area contributed by atoms with Crippen molar-refractivity contribution in [3.05, 3.63) is 51.8 Å². The highest BCUT2D eigenvalue weighted by molar-refractivity contribution is 7.99. The molecule has 0 fully saturated rings. The maximum Gasteiger partial charge on any atom is 0.252 e. The van der Waals surface area contributed by atoms with Crippen molar-refractivity contribution in [1.29, 1.82) is 5.26 Å². The molecule has 2 heterocycles. The first-order valence-electron chi connectivity index (χ1n) is 11.0. The third-order valence-corrected chi connectivity index (χ3v) is 6.73. The lowest BCUT2D eigenvalue weighted by Gasteiger charge is -2.18. The van der Waals surface area contributed by atoms with Crippen LogP contribution in [-0.4, -0.2) is 22.8 Å². The molecule has 1 amide bonds.